The molecular formula is C20H34IN5O. The summed E-state index contributed by atoms with van der Waals surface area (Å²) in [5.41, 5.74) is 1.29. The molecule has 2 aliphatic rings. The van der Waals surface area contributed by atoms with Crippen LogP contribution in [0.1, 0.15) is 18.9 Å². The number of hydrogen-bond donors (Lipinski definition) is 2. The fraction of sp³-hybridized carbons (Fsp3) is 0.650. The predicted octanol–water partition coefficient (Wildman–Crippen LogP) is 1.80. The van der Waals surface area contributed by atoms with Crippen LogP contribution in [0.3, 0.4) is 0 Å². The Bertz CT molecular complexity index is 572. The molecular weight excluding hydrogens is 453 g/mol. The van der Waals surface area contributed by atoms with E-state index in [0.717, 1.165) is 50.9 Å². The number of nitrogens with zero attached hydrogens (tertiary/aromatic N) is 3. The zero-order valence-corrected chi connectivity index (χ0v) is 18.9. The first-order valence-corrected chi connectivity index (χ1v) is 9.92. The van der Waals surface area contributed by atoms with Gasteiger partial charge in [0.1, 0.15) is 11.9 Å². The van der Waals surface area contributed by atoms with Crippen molar-refractivity contribution in [2.24, 2.45) is 4.99 Å². The van der Waals surface area contributed by atoms with E-state index >= 15 is 0 Å². The lowest BCUT2D eigenvalue weighted by molar-refractivity contribution is 0.241. The van der Waals surface area contributed by atoms with Crippen LogP contribution >= 0.6 is 24.0 Å². The van der Waals surface area contributed by atoms with Gasteiger partial charge in [0.25, 0.3) is 0 Å². The van der Waals surface area contributed by atoms with E-state index in [4.69, 9.17) is 9.73 Å². The Balaban J connectivity index is 0.00000261. The minimum atomic E-state index is 0. The molecule has 0 aromatic heterocycles. The molecule has 0 aliphatic carbocycles. The van der Waals surface area contributed by atoms with Crippen molar-refractivity contribution in [3.05, 3.63) is 29.8 Å². The van der Waals surface area contributed by atoms with Gasteiger partial charge in [0.2, 0.25) is 0 Å². The normalized spacial score (nSPS) is 21.0. The highest BCUT2D eigenvalue weighted by atomic mass is 127. The summed E-state index contributed by atoms with van der Waals surface area (Å²) in [6, 6.07) is 8.28. The maximum absolute atomic E-state index is 5.98. The van der Waals surface area contributed by atoms with Crippen molar-refractivity contribution in [3.8, 4) is 5.75 Å². The van der Waals surface area contributed by atoms with Gasteiger partial charge in [0.15, 0.2) is 5.96 Å². The number of hydrogen-bond acceptors (Lipinski definition) is 4. The summed E-state index contributed by atoms with van der Waals surface area (Å²) in [5.74, 6) is 1.90. The summed E-state index contributed by atoms with van der Waals surface area (Å²) in [7, 11) is 2.21. The van der Waals surface area contributed by atoms with Crippen LogP contribution in [0.2, 0.25) is 0 Å². The van der Waals surface area contributed by atoms with Crippen LogP contribution < -0.4 is 15.4 Å². The van der Waals surface area contributed by atoms with Crippen molar-refractivity contribution in [2.45, 2.75) is 25.9 Å². The van der Waals surface area contributed by atoms with Crippen LogP contribution in [-0.2, 0) is 6.42 Å². The van der Waals surface area contributed by atoms with Crippen LogP contribution in [0.15, 0.2) is 29.3 Å². The third-order valence-corrected chi connectivity index (χ3v) is 5.04. The van der Waals surface area contributed by atoms with Gasteiger partial charge >= 0.3 is 0 Å². The molecule has 27 heavy (non-hydrogen) atoms. The Morgan fingerprint density at radius 3 is 2.85 bits per heavy atom. The number of aliphatic imine (C=N–C) groups is 1. The number of likely N-dealkylation sites (N-methyl/N-ethyl adjacent to an activating group) is 1. The Morgan fingerprint density at radius 2 is 2.04 bits per heavy atom. The lowest BCUT2D eigenvalue weighted by Crippen LogP contribution is -2.42. The predicted molar refractivity (Wildman–Crippen MR) is 123 cm³/mol. The van der Waals surface area contributed by atoms with Crippen LogP contribution in [-0.4, -0.2) is 81.3 Å². The minimum absolute atomic E-state index is 0. The van der Waals surface area contributed by atoms with Gasteiger partial charge in [-0.1, -0.05) is 18.2 Å². The van der Waals surface area contributed by atoms with Gasteiger partial charge in [0.05, 0.1) is 6.54 Å². The van der Waals surface area contributed by atoms with Gasteiger partial charge in [-0.2, -0.15) is 0 Å². The van der Waals surface area contributed by atoms with Crippen molar-refractivity contribution in [1.29, 1.82) is 0 Å². The van der Waals surface area contributed by atoms with Gasteiger partial charge in [0, 0.05) is 39.1 Å². The molecule has 1 saturated heterocycles. The second-order valence-corrected chi connectivity index (χ2v) is 7.20. The van der Waals surface area contributed by atoms with E-state index in [1.165, 1.54) is 25.1 Å². The van der Waals surface area contributed by atoms with Crippen molar-refractivity contribution < 1.29 is 4.74 Å². The van der Waals surface area contributed by atoms with E-state index in [0.29, 0.717) is 6.54 Å². The first kappa shape index (κ1) is 22.2. The van der Waals surface area contributed by atoms with Crippen LogP contribution in [0.4, 0.5) is 0 Å². The molecule has 0 spiro atoms. The molecule has 7 heteroatoms. The number of nitrogens with one attached hydrogen (secondary N) is 2. The molecule has 3 rings (SSSR count). The molecule has 1 aromatic rings. The summed E-state index contributed by atoms with van der Waals surface area (Å²) in [6.45, 7) is 10.3. The summed E-state index contributed by atoms with van der Waals surface area (Å²) in [5, 5.41) is 6.81. The first-order valence-electron chi connectivity index (χ1n) is 9.92. The second-order valence-electron chi connectivity index (χ2n) is 7.20. The highest BCUT2D eigenvalue weighted by Gasteiger charge is 2.22. The van der Waals surface area contributed by atoms with Gasteiger partial charge in [-0.15, -0.1) is 24.0 Å². The van der Waals surface area contributed by atoms with Crippen LogP contribution in [0.25, 0.3) is 0 Å². The molecule has 152 valence electrons. The van der Waals surface area contributed by atoms with E-state index in [9.17, 15) is 0 Å². The number of halogens is 1. The number of benzene rings is 1. The van der Waals surface area contributed by atoms with Crippen molar-refractivity contribution >= 4 is 29.9 Å². The Labute approximate surface area is 180 Å². The summed E-state index contributed by atoms with van der Waals surface area (Å²) in [6.07, 6.45) is 2.34. The third-order valence-electron chi connectivity index (χ3n) is 5.04. The lowest BCUT2D eigenvalue weighted by atomic mass is 10.1. The molecule has 1 unspecified atom stereocenters. The van der Waals surface area contributed by atoms with E-state index < -0.39 is 0 Å². The number of para-hydroxylation sites is 1. The highest BCUT2D eigenvalue weighted by molar-refractivity contribution is 14.0. The zero-order chi connectivity index (χ0) is 18.2. The smallest absolute Gasteiger partial charge is 0.191 e. The summed E-state index contributed by atoms with van der Waals surface area (Å²) < 4.78 is 5.98. The fourth-order valence-corrected chi connectivity index (χ4v) is 3.55. The molecule has 0 radical (unpaired) electrons. The van der Waals surface area contributed by atoms with E-state index in [1.54, 1.807) is 0 Å². The molecule has 2 aliphatic heterocycles. The first-order chi connectivity index (χ1) is 12.7. The molecule has 1 atom stereocenters. The number of ether oxygens (including phenoxy) is 1. The van der Waals surface area contributed by atoms with E-state index in [2.05, 4.69) is 46.5 Å². The molecule has 2 N–H and O–H groups in total. The minimum Gasteiger partial charge on any atom is -0.488 e. The molecule has 0 amide bonds. The van der Waals surface area contributed by atoms with Crippen molar-refractivity contribution in [3.63, 3.8) is 0 Å². The lowest BCUT2D eigenvalue weighted by Gasteiger charge is -2.21. The van der Waals surface area contributed by atoms with Gasteiger partial charge in [-0.3, -0.25) is 0 Å². The SMILES string of the molecule is CCNC(=NCC1Cc2ccccc2O1)NCCN1CCCN(C)CC1.I. The molecule has 0 bridgehead atoms. The third kappa shape index (κ3) is 7.12. The molecule has 0 saturated carbocycles. The van der Waals surface area contributed by atoms with Crippen molar-refractivity contribution in [1.82, 2.24) is 20.4 Å². The number of rotatable bonds is 6. The average Bonchev–Trinajstić information content (AvgIpc) is 2.95. The molecule has 2 heterocycles. The Morgan fingerprint density at radius 1 is 1.19 bits per heavy atom. The number of guanidine groups is 1. The summed E-state index contributed by atoms with van der Waals surface area (Å²) >= 11 is 0. The van der Waals surface area contributed by atoms with Crippen LogP contribution in [0.5, 0.6) is 5.75 Å². The van der Waals surface area contributed by atoms with E-state index in [-0.39, 0.29) is 30.1 Å². The monoisotopic (exact) mass is 487 g/mol. The average molecular weight is 487 g/mol. The Hall–Kier alpha value is -1.06. The molecule has 1 fully saturated rings. The largest absolute Gasteiger partial charge is 0.488 e. The van der Waals surface area contributed by atoms with Gasteiger partial charge in [-0.05, 0) is 45.1 Å². The quantitative estimate of drug-likeness (QED) is 0.364. The second kappa shape index (κ2) is 11.7. The summed E-state index contributed by atoms with van der Waals surface area (Å²) in [4.78, 5) is 9.69. The maximum atomic E-state index is 5.98. The fourth-order valence-electron chi connectivity index (χ4n) is 3.55. The molecule has 1 aromatic carbocycles. The maximum Gasteiger partial charge on any atom is 0.191 e. The zero-order valence-electron chi connectivity index (χ0n) is 16.6. The van der Waals surface area contributed by atoms with Crippen molar-refractivity contribution in [2.75, 3.05) is 59.4 Å². The van der Waals surface area contributed by atoms with Gasteiger partial charge in [-0.25, -0.2) is 4.99 Å². The standard InChI is InChI=1S/C20H33N5O.HI/c1-3-21-20(22-9-12-25-11-6-10-24(2)13-14-25)23-16-18-15-17-7-4-5-8-19(17)26-18;/h4-5,7-8,18H,3,6,9-16H2,1-2H3,(H2,21,22,23);1H. The van der Waals surface area contributed by atoms with Crippen LogP contribution in [0, 0.1) is 0 Å². The number of fused-ring (bicyclic) bond motifs is 1. The van der Waals surface area contributed by atoms with E-state index in [1.807, 2.05) is 12.1 Å². The highest BCUT2D eigenvalue weighted by Crippen LogP contribution is 2.28. The Kier molecular flexibility index (Phi) is 9.64. The molecule has 6 nitrogen and oxygen atoms in total. The topological polar surface area (TPSA) is 52.1 Å². The van der Waals surface area contributed by atoms with Gasteiger partial charge < -0.3 is 25.2 Å².